The van der Waals surface area contributed by atoms with Gasteiger partial charge in [-0.15, -0.1) is 0 Å². The monoisotopic (exact) mass is 289 g/mol. The fraction of sp³-hybridized carbons (Fsp3) is 0.727. The maximum atomic E-state index is 11.5. The Labute approximate surface area is 112 Å². The first kappa shape index (κ1) is 15.6. The molecule has 0 aromatic carbocycles. The molecule has 1 N–H and O–H groups in total. The SMILES string of the molecule is CC(C)c1noc([C@H](C)NC(=O)CCS(C)(=O)=O)n1. The second-order valence-electron chi connectivity index (χ2n) is 4.81. The number of carbonyl (C=O) groups is 1. The van der Waals surface area contributed by atoms with E-state index in [0.29, 0.717) is 11.7 Å². The highest BCUT2D eigenvalue weighted by Gasteiger charge is 2.18. The largest absolute Gasteiger partial charge is 0.345 e. The van der Waals surface area contributed by atoms with Gasteiger partial charge in [0.25, 0.3) is 0 Å². The van der Waals surface area contributed by atoms with Crippen molar-refractivity contribution in [3.63, 3.8) is 0 Å². The molecule has 1 aromatic rings. The third kappa shape index (κ3) is 5.37. The summed E-state index contributed by atoms with van der Waals surface area (Å²) in [5.74, 6) is 0.503. The van der Waals surface area contributed by atoms with Crippen LogP contribution in [0.25, 0.3) is 0 Å². The van der Waals surface area contributed by atoms with Gasteiger partial charge in [0.05, 0.1) is 5.75 Å². The van der Waals surface area contributed by atoms with E-state index >= 15 is 0 Å². The molecule has 8 heteroatoms. The van der Waals surface area contributed by atoms with Crippen LogP contribution in [0.5, 0.6) is 0 Å². The minimum absolute atomic E-state index is 0.0751. The van der Waals surface area contributed by atoms with Crippen molar-refractivity contribution in [2.75, 3.05) is 12.0 Å². The van der Waals surface area contributed by atoms with Gasteiger partial charge in [0, 0.05) is 18.6 Å². The van der Waals surface area contributed by atoms with Crippen molar-refractivity contribution in [2.45, 2.75) is 39.2 Å². The number of hydrogen-bond donors (Lipinski definition) is 1. The second-order valence-corrected chi connectivity index (χ2v) is 7.07. The maximum Gasteiger partial charge on any atom is 0.248 e. The summed E-state index contributed by atoms with van der Waals surface area (Å²) in [5, 5.41) is 6.42. The first-order valence-electron chi connectivity index (χ1n) is 5.99. The smallest absolute Gasteiger partial charge is 0.248 e. The van der Waals surface area contributed by atoms with Crippen LogP contribution in [0.3, 0.4) is 0 Å². The van der Waals surface area contributed by atoms with E-state index in [2.05, 4.69) is 15.5 Å². The van der Waals surface area contributed by atoms with Gasteiger partial charge in [0.15, 0.2) is 5.82 Å². The molecule has 0 aliphatic carbocycles. The summed E-state index contributed by atoms with van der Waals surface area (Å²) in [6.07, 6.45) is 1.02. The number of rotatable bonds is 6. The Morgan fingerprint density at radius 3 is 2.47 bits per heavy atom. The number of nitrogens with one attached hydrogen (secondary N) is 1. The topological polar surface area (TPSA) is 102 Å². The molecular formula is C11H19N3O4S. The van der Waals surface area contributed by atoms with Gasteiger partial charge in [0.2, 0.25) is 11.8 Å². The average molecular weight is 289 g/mol. The third-order valence-electron chi connectivity index (χ3n) is 2.42. The lowest BCUT2D eigenvalue weighted by atomic mass is 10.2. The minimum Gasteiger partial charge on any atom is -0.345 e. The highest BCUT2D eigenvalue weighted by Crippen LogP contribution is 2.14. The maximum absolute atomic E-state index is 11.5. The Hall–Kier alpha value is -1.44. The molecule has 0 aliphatic rings. The molecule has 0 spiro atoms. The van der Waals surface area contributed by atoms with Crippen molar-refractivity contribution in [1.82, 2.24) is 15.5 Å². The lowest BCUT2D eigenvalue weighted by molar-refractivity contribution is -0.121. The predicted octanol–water partition coefficient (Wildman–Crippen LogP) is 0.805. The van der Waals surface area contributed by atoms with Crippen molar-refractivity contribution in [1.29, 1.82) is 0 Å². The first-order valence-corrected chi connectivity index (χ1v) is 8.05. The van der Waals surface area contributed by atoms with Gasteiger partial charge in [-0.05, 0) is 6.92 Å². The zero-order chi connectivity index (χ0) is 14.6. The van der Waals surface area contributed by atoms with E-state index in [1.165, 1.54) is 0 Å². The number of sulfone groups is 1. The predicted molar refractivity (Wildman–Crippen MR) is 69.3 cm³/mol. The van der Waals surface area contributed by atoms with Crippen LogP contribution in [0.2, 0.25) is 0 Å². The highest BCUT2D eigenvalue weighted by atomic mass is 32.2. The molecule has 0 fully saturated rings. The summed E-state index contributed by atoms with van der Waals surface area (Å²) in [7, 11) is -3.14. The van der Waals surface area contributed by atoms with Gasteiger partial charge in [-0.3, -0.25) is 4.79 Å². The summed E-state index contributed by atoms with van der Waals surface area (Å²) in [6.45, 7) is 5.57. The van der Waals surface area contributed by atoms with Crippen molar-refractivity contribution >= 4 is 15.7 Å². The molecule has 1 amide bonds. The second kappa shape index (κ2) is 6.14. The summed E-state index contributed by atoms with van der Waals surface area (Å²) >= 11 is 0. The molecule has 0 saturated heterocycles. The fourth-order valence-electron chi connectivity index (χ4n) is 1.31. The summed E-state index contributed by atoms with van der Waals surface area (Å²) in [6, 6.07) is -0.438. The van der Waals surface area contributed by atoms with E-state index < -0.39 is 15.9 Å². The molecule has 108 valence electrons. The molecule has 1 atom stereocenters. The van der Waals surface area contributed by atoms with E-state index in [0.717, 1.165) is 6.26 Å². The van der Waals surface area contributed by atoms with E-state index in [4.69, 9.17) is 4.52 Å². The molecular weight excluding hydrogens is 270 g/mol. The van der Waals surface area contributed by atoms with Gasteiger partial charge < -0.3 is 9.84 Å². The molecule has 0 radical (unpaired) electrons. The van der Waals surface area contributed by atoms with Crippen LogP contribution in [0.1, 0.15) is 50.9 Å². The number of amides is 1. The molecule has 1 heterocycles. The van der Waals surface area contributed by atoms with Crippen molar-refractivity contribution < 1.29 is 17.7 Å². The standard InChI is InChI=1S/C11H19N3O4S/c1-7(2)10-13-11(18-14-10)8(3)12-9(15)5-6-19(4,16)17/h7-8H,5-6H2,1-4H3,(H,12,15)/t8-/m0/s1. The van der Waals surface area contributed by atoms with Crippen LogP contribution < -0.4 is 5.32 Å². The fourth-order valence-corrected chi connectivity index (χ4v) is 1.87. The zero-order valence-electron chi connectivity index (χ0n) is 11.5. The number of carbonyl (C=O) groups excluding carboxylic acids is 1. The first-order chi connectivity index (χ1) is 8.69. The van der Waals surface area contributed by atoms with E-state index in [1.54, 1.807) is 6.92 Å². The van der Waals surface area contributed by atoms with Gasteiger partial charge in [-0.2, -0.15) is 4.98 Å². The molecule has 7 nitrogen and oxygen atoms in total. The molecule has 19 heavy (non-hydrogen) atoms. The number of nitrogens with zero attached hydrogens (tertiary/aromatic N) is 2. The molecule has 0 unspecified atom stereocenters. The van der Waals surface area contributed by atoms with E-state index in [-0.39, 0.29) is 24.0 Å². The molecule has 0 saturated carbocycles. The van der Waals surface area contributed by atoms with Crippen LogP contribution in [0, 0.1) is 0 Å². The van der Waals surface area contributed by atoms with Crippen LogP contribution in [-0.4, -0.2) is 36.5 Å². The molecule has 0 bridgehead atoms. The molecule has 1 aromatic heterocycles. The van der Waals surface area contributed by atoms with Crippen LogP contribution in [0.15, 0.2) is 4.52 Å². The lowest BCUT2D eigenvalue weighted by Crippen LogP contribution is -2.28. The number of hydrogen-bond acceptors (Lipinski definition) is 6. The van der Waals surface area contributed by atoms with E-state index in [9.17, 15) is 13.2 Å². The summed E-state index contributed by atoms with van der Waals surface area (Å²) in [5.41, 5.74) is 0. The van der Waals surface area contributed by atoms with Crippen LogP contribution >= 0.6 is 0 Å². The zero-order valence-corrected chi connectivity index (χ0v) is 12.3. The molecule has 0 aliphatic heterocycles. The van der Waals surface area contributed by atoms with Crippen LogP contribution in [0.4, 0.5) is 0 Å². The quantitative estimate of drug-likeness (QED) is 0.831. The van der Waals surface area contributed by atoms with Gasteiger partial charge in [0.1, 0.15) is 15.9 Å². The summed E-state index contributed by atoms with van der Waals surface area (Å²) in [4.78, 5) is 15.7. The van der Waals surface area contributed by atoms with E-state index in [1.807, 2.05) is 13.8 Å². The Kier molecular flexibility index (Phi) is 5.04. The summed E-state index contributed by atoms with van der Waals surface area (Å²) < 4.78 is 26.9. The van der Waals surface area contributed by atoms with Crippen molar-refractivity contribution in [3.8, 4) is 0 Å². The Morgan fingerprint density at radius 1 is 1.37 bits per heavy atom. The van der Waals surface area contributed by atoms with Gasteiger partial charge >= 0.3 is 0 Å². The average Bonchev–Trinajstić information content (AvgIpc) is 2.74. The van der Waals surface area contributed by atoms with Crippen molar-refractivity contribution in [3.05, 3.63) is 11.7 Å². The Balaban J connectivity index is 2.54. The highest BCUT2D eigenvalue weighted by molar-refractivity contribution is 7.90. The third-order valence-corrected chi connectivity index (χ3v) is 3.37. The Bertz CT molecular complexity index is 536. The molecule has 1 rings (SSSR count). The van der Waals surface area contributed by atoms with Crippen molar-refractivity contribution in [2.24, 2.45) is 0 Å². The normalized spacial score (nSPS) is 13.5. The van der Waals surface area contributed by atoms with Gasteiger partial charge in [-0.25, -0.2) is 8.42 Å². The Morgan fingerprint density at radius 2 is 2.00 bits per heavy atom. The van der Waals surface area contributed by atoms with Gasteiger partial charge in [-0.1, -0.05) is 19.0 Å². The minimum atomic E-state index is -3.14. The lowest BCUT2D eigenvalue weighted by Gasteiger charge is -2.09. The van der Waals surface area contributed by atoms with Crippen LogP contribution in [-0.2, 0) is 14.6 Å². The number of aromatic nitrogens is 2.